The average molecular weight is 431 g/mol. The lowest BCUT2D eigenvalue weighted by molar-refractivity contribution is -0.179. The van der Waals surface area contributed by atoms with E-state index >= 15 is 0 Å². The van der Waals surface area contributed by atoms with E-state index in [0.717, 1.165) is 12.1 Å². The number of benzene rings is 1. The number of halogens is 6. The number of carbonyl (C=O) groups is 1. The molecular weight excluding hydrogens is 416 g/mol. The topological polar surface area (TPSA) is 72.5 Å². The Morgan fingerprint density at radius 1 is 1.18 bits per heavy atom. The Bertz CT molecular complexity index is 882. The Hall–Kier alpha value is -1.82. The summed E-state index contributed by atoms with van der Waals surface area (Å²) in [5.74, 6) is -3.05. The molecule has 0 aromatic heterocycles. The molecule has 28 heavy (non-hydrogen) atoms. The second-order valence-corrected chi connectivity index (χ2v) is 8.52. The van der Waals surface area contributed by atoms with Crippen LogP contribution in [0.4, 0.5) is 26.3 Å². The number of rotatable bonds is 4. The third-order valence-corrected chi connectivity index (χ3v) is 6.05. The van der Waals surface area contributed by atoms with Crippen LogP contribution in [0.5, 0.6) is 5.75 Å². The van der Waals surface area contributed by atoms with Gasteiger partial charge in [0, 0.05) is 6.04 Å². The van der Waals surface area contributed by atoms with Gasteiger partial charge in [-0.25, -0.2) is 0 Å². The van der Waals surface area contributed by atoms with Crippen molar-refractivity contribution in [3.63, 3.8) is 0 Å². The van der Waals surface area contributed by atoms with Crippen molar-refractivity contribution in [3.05, 3.63) is 29.8 Å². The van der Waals surface area contributed by atoms with E-state index in [9.17, 15) is 39.6 Å². The summed E-state index contributed by atoms with van der Waals surface area (Å²) in [4.78, 5) is 11.9. The second kappa shape index (κ2) is 6.61. The largest absolute Gasteiger partial charge is 0.534 e. The lowest BCUT2D eigenvalue weighted by atomic mass is 9.77. The molecule has 2 aliphatic heterocycles. The SMILES string of the molecule is O=C(C(F)(F)F)C12CCC(CC(c3cccc(OS(=O)(=O)C(F)(F)F)c3)C1)N2. The van der Waals surface area contributed by atoms with Gasteiger partial charge in [-0.3, -0.25) is 4.79 Å². The molecule has 5 nitrogen and oxygen atoms in total. The van der Waals surface area contributed by atoms with Crippen LogP contribution >= 0.6 is 0 Å². The highest BCUT2D eigenvalue weighted by atomic mass is 32.2. The minimum atomic E-state index is -5.87. The summed E-state index contributed by atoms with van der Waals surface area (Å²) in [6, 6.07) is 4.39. The van der Waals surface area contributed by atoms with Gasteiger partial charge in [-0.2, -0.15) is 34.8 Å². The second-order valence-electron chi connectivity index (χ2n) is 6.98. The van der Waals surface area contributed by atoms with Crippen LogP contribution in [0, 0.1) is 0 Å². The van der Waals surface area contributed by atoms with Crippen LogP contribution in [0.3, 0.4) is 0 Å². The molecule has 1 aromatic rings. The molecule has 2 bridgehead atoms. The van der Waals surface area contributed by atoms with Crippen molar-refractivity contribution in [3.8, 4) is 5.75 Å². The molecule has 0 saturated carbocycles. The molecule has 2 heterocycles. The van der Waals surface area contributed by atoms with E-state index in [1.807, 2.05) is 0 Å². The molecule has 12 heteroatoms. The first-order valence-electron chi connectivity index (χ1n) is 8.24. The zero-order valence-electron chi connectivity index (χ0n) is 14.1. The molecule has 2 fully saturated rings. The van der Waals surface area contributed by atoms with Gasteiger partial charge in [-0.15, -0.1) is 0 Å². The standard InChI is InChI=1S/C16H15F6NO4S/c17-15(18,19)13(24)14-5-4-11(23-14)6-10(8-14)9-2-1-3-12(7-9)27-28(25,26)16(20,21)22/h1-3,7,10-11,23H,4-6,8H2. The van der Waals surface area contributed by atoms with Crippen molar-refractivity contribution < 1.29 is 43.7 Å². The van der Waals surface area contributed by atoms with Crippen molar-refractivity contribution in [2.45, 2.75) is 54.9 Å². The van der Waals surface area contributed by atoms with Crippen molar-refractivity contribution in [1.82, 2.24) is 5.32 Å². The fourth-order valence-corrected chi connectivity index (χ4v) is 4.38. The molecular formula is C16H15F6NO4S. The van der Waals surface area contributed by atoms with Gasteiger partial charge in [0.05, 0.1) is 5.54 Å². The van der Waals surface area contributed by atoms with Gasteiger partial charge in [-0.1, -0.05) is 12.1 Å². The fourth-order valence-electron chi connectivity index (χ4n) is 3.93. The molecule has 3 unspecified atom stereocenters. The molecule has 2 aliphatic rings. The van der Waals surface area contributed by atoms with E-state index in [0.29, 0.717) is 18.4 Å². The van der Waals surface area contributed by atoms with Crippen molar-refractivity contribution in [2.24, 2.45) is 0 Å². The summed E-state index contributed by atoms with van der Waals surface area (Å²) in [7, 11) is -5.87. The average Bonchev–Trinajstić information content (AvgIpc) is 2.87. The van der Waals surface area contributed by atoms with E-state index in [1.54, 1.807) is 0 Å². The van der Waals surface area contributed by atoms with Crippen LogP contribution in [0.15, 0.2) is 24.3 Å². The number of alkyl halides is 6. The number of piperidine rings is 1. The summed E-state index contributed by atoms with van der Waals surface area (Å²) < 4.78 is 103. The Labute approximate surface area is 156 Å². The van der Waals surface area contributed by atoms with Gasteiger partial charge < -0.3 is 9.50 Å². The summed E-state index contributed by atoms with van der Waals surface area (Å²) in [6.45, 7) is 0. The molecule has 0 spiro atoms. The van der Waals surface area contributed by atoms with Crippen molar-refractivity contribution in [2.75, 3.05) is 0 Å². The first-order valence-corrected chi connectivity index (χ1v) is 9.64. The lowest BCUT2D eigenvalue weighted by Crippen LogP contribution is -2.58. The maximum atomic E-state index is 13.0. The van der Waals surface area contributed by atoms with Gasteiger partial charge in [0.25, 0.3) is 5.78 Å². The predicted octanol–water partition coefficient (Wildman–Crippen LogP) is 3.41. The molecule has 0 amide bonds. The molecule has 156 valence electrons. The maximum absolute atomic E-state index is 13.0. The molecule has 0 radical (unpaired) electrons. The van der Waals surface area contributed by atoms with Gasteiger partial charge >= 0.3 is 21.8 Å². The van der Waals surface area contributed by atoms with Gasteiger partial charge in [0.2, 0.25) is 0 Å². The summed E-state index contributed by atoms with van der Waals surface area (Å²) in [5.41, 5.74) is -7.08. The first-order chi connectivity index (χ1) is 12.7. The Morgan fingerprint density at radius 3 is 2.46 bits per heavy atom. The highest BCUT2D eigenvalue weighted by Crippen LogP contribution is 2.46. The molecule has 1 aromatic carbocycles. The minimum absolute atomic E-state index is 0.00511. The van der Waals surface area contributed by atoms with Gasteiger partial charge in [-0.05, 0) is 49.3 Å². The molecule has 3 atom stereocenters. The Morgan fingerprint density at radius 2 is 1.86 bits per heavy atom. The molecule has 0 aliphatic carbocycles. The van der Waals surface area contributed by atoms with E-state index in [4.69, 9.17) is 0 Å². The molecule has 2 saturated heterocycles. The smallest absolute Gasteiger partial charge is 0.376 e. The van der Waals surface area contributed by atoms with E-state index in [-0.39, 0.29) is 18.9 Å². The highest BCUT2D eigenvalue weighted by molar-refractivity contribution is 7.88. The Kier molecular flexibility index (Phi) is 4.94. The number of carbonyl (C=O) groups excluding carboxylic acids is 1. The van der Waals surface area contributed by atoms with Crippen LogP contribution in [-0.4, -0.2) is 37.5 Å². The first kappa shape index (κ1) is 20.9. The Balaban J connectivity index is 1.86. The van der Waals surface area contributed by atoms with Crippen LogP contribution in [-0.2, 0) is 14.9 Å². The normalized spacial score (nSPS) is 28.2. The number of fused-ring (bicyclic) bond motifs is 2. The fraction of sp³-hybridized carbons (Fsp3) is 0.562. The van der Waals surface area contributed by atoms with E-state index in [1.165, 1.54) is 12.1 Å². The maximum Gasteiger partial charge on any atom is 0.534 e. The van der Waals surface area contributed by atoms with Gasteiger partial charge in [0.15, 0.2) is 0 Å². The zero-order valence-corrected chi connectivity index (χ0v) is 14.9. The quantitative estimate of drug-likeness (QED) is 0.450. The van der Waals surface area contributed by atoms with Crippen LogP contribution in [0.1, 0.15) is 37.2 Å². The minimum Gasteiger partial charge on any atom is -0.376 e. The lowest BCUT2D eigenvalue weighted by Gasteiger charge is -2.38. The highest BCUT2D eigenvalue weighted by Gasteiger charge is 2.58. The number of ketones is 1. The zero-order chi connectivity index (χ0) is 21.0. The summed E-state index contributed by atoms with van der Waals surface area (Å²) in [6.07, 6.45) is -4.49. The van der Waals surface area contributed by atoms with Crippen LogP contribution in [0.2, 0.25) is 0 Å². The van der Waals surface area contributed by atoms with Crippen molar-refractivity contribution in [1.29, 1.82) is 0 Å². The monoisotopic (exact) mass is 431 g/mol. The molecule has 3 rings (SSSR count). The number of hydrogen-bond acceptors (Lipinski definition) is 5. The predicted molar refractivity (Wildman–Crippen MR) is 84.0 cm³/mol. The van der Waals surface area contributed by atoms with Crippen LogP contribution in [0.25, 0.3) is 0 Å². The molecule has 1 N–H and O–H groups in total. The number of Topliss-reactive ketones (excluding diaryl/α,β-unsaturated/α-hetero) is 1. The van der Waals surface area contributed by atoms with Gasteiger partial charge in [0.1, 0.15) is 5.75 Å². The summed E-state index contributed by atoms with van der Waals surface area (Å²) >= 11 is 0. The van der Waals surface area contributed by atoms with E-state index < -0.39 is 44.8 Å². The third-order valence-electron chi connectivity index (χ3n) is 5.07. The van der Waals surface area contributed by atoms with E-state index in [2.05, 4.69) is 9.50 Å². The number of hydrogen-bond donors (Lipinski definition) is 1. The summed E-state index contributed by atoms with van der Waals surface area (Å²) in [5, 5.41) is 2.74. The van der Waals surface area contributed by atoms with Crippen LogP contribution < -0.4 is 9.50 Å². The van der Waals surface area contributed by atoms with Crippen molar-refractivity contribution >= 4 is 15.9 Å². The third kappa shape index (κ3) is 3.84. The number of nitrogens with one attached hydrogen (secondary N) is 1.